The normalized spacial score (nSPS) is 10.5. The molecule has 0 bridgehead atoms. The van der Waals surface area contributed by atoms with Crippen LogP contribution in [0.3, 0.4) is 0 Å². The smallest absolute Gasteiger partial charge is 0.341 e. The number of carbonyl (C=O) groups excluding carboxylic acids is 1. The van der Waals surface area contributed by atoms with Gasteiger partial charge in [-0.25, -0.2) is 9.78 Å². The van der Waals surface area contributed by atoms with Gasteiger partial charge in [0.2, 0.25) is 5.91 Å². The molecule has 2 aromatic rings. The summed E-state index contributed by atoms with van der Waals surface area (Å²) >= 11 is 1.36. The van der Waals surface area contributed by atoms with Crippen molar-refractivity contribution in [3.05, 3.63) is 29.6 Å². The van der Waals surface area contributed by atoms with Gasteiger partial charge in [-0.3, -0.25) is 4.79 Å². The van der Waals surface area contributed by atoms with Crippen LogP contribution in [0.4, 0.5) is 5.13 Å². The summed E-state index contributed by atoms with van der Waals surface area (Å²) in [6.45, 7) is 3.26. The van der Waals surface area contributed by atoms with Gasteiger partial charge in [0.15, 0.2) is 11.7 Å². The molecule has 0 radical (unpaired) electrons. The van der Waals surface area contributed by atoms with Crippen LogP contribution < -0.4 is 10.1 Å². The minimum Gasteiger partial charge on any atom is -0.482 e. The van der Waals surface area contributed by atoms with Gasteiger partial charge in [0, 0.05) is 16.9 Å². The number of rotatable bonds is 6. The quantitative estimate of drug-likeness (QED) is 0.854. The Kier molecular flexibility index (Phi) is 5.11. The van der Waals surface area contributed by atoms with E-state index in [1.807, 2.05) is 19.2 Å². The standard InChI is InChI=1S/C15H16N2O4S/c1-9(2)14(20)17-15-16-12(8-22-15)10-3-5-11(6-4-10)21-7-13(18)19/h3-6,8-9H,7H2,1-2H3,(H,18,19)(H,16,17,20). The van der Waals surface area contributed by atoms with Gasteiger partial charge in [-0.15, -0.1) is 11.3 Å². The second-order valence-electron chi connectivity index (χ2n) is 4.89. The maximum atomic E-state index is 11.6. The molecule has 0 fully saturated rings. The third-order valence-electron chi connectivity index (χ3n) is 2.77. The summed E-state index contributed by atoms with van der Waals surface area (Å²) in [6.07, 6.45) is 0. The second kappa shape index (κ2) is 7.04. The summed E-state index contributed by atoms with van der Waals surface area (Å²) in [5.41, 5.74) is 1.61. The molecule has 0 saturated carbocycles. The van der Waals surface area contributed by atoms with Crippen molar-refractivity contribution in [1.29, 1.82) is 0 Å². The van der Waals surface area contributed by atoms with Crippen molar-refractivity contribution < 1.29 is 19.4 Å². The zero-order chi connectivity index (χ0) is 16.1. The minimum atomic E-state index is -1.02. The van der Waals surface area contributed by atoms with E-state index in [4.69, 9.17) is 9.84 Å². The third kappa shape index (κ3) is 4.29. The average Bonchev–Trinajstić information content (AvgIpc) is 2.94. The molecule has 6 nitrogen and oxygen atoms in total. The summed E-state index contributed by atoms with van der Waals surface area (Å²) in [4.78, 5) is 26.4. The van der Waals surface area contributed by atoms with E-state index in [9.17, 15) is 9.59 Å². The number of anilines is 1. The summed E-state index contributed by atoms with van der Waals surface area (Å²) in [6, 6.07) is 6.95. The Morgan fingerprint density at radius 2 is 2.00 bits per heavy atom. The van der Waals surface area contributed by atoms with E-state index in [-0.39, 0.29) is 18.4 Å². The molecule has 0 spiro atoms. The molecule has 116 valence electrons. The summed E-state index contributed by atoms with van der Waals surface area (Å²) < 4.78 is 5.07. The van der Waals surface area contributed by atoms with Crippen molar-refractivity contribution in [3.63, 3.8) is 0 Å². The highest BCUT2D eigenvalue weighted by molar-refractivity contribution is 7.14. The number of carbonyl (C=O) groups is 2. The predicted molar refractivity (Wildman–Crippen MR) is 84.1 cm³/mol. The highest BCUT2D eigenvalue weighted by atomic mass is 32.1. The Balaban J connectivity index is 2.04. The van der Waals surface area contributed by atoms with Crippen LogP contribution in [0.5, 0.6) is 5.75 Å². The van der Waals surface area contributed by atoms with Gasteiger partial charge in [0.25, 0.3) is 0 Å². The molecule has 0 saturated heterocycles. The van der Waals surface area contributed by atoms with Gasteiger partial charge < -0.3 is 15.2 Å². The summed E-state index contributed by atoms with van der Waals surface area (Å²) in [5, 5.41) is 13.7. The van der Waals surface area contributed by atoms with Crippen molar-refractivity contribution in [3.8, 4) is 17.0 Å². The van der Waals surface area contributed by atoms with Crippen molar-refractivity contribution >= 4 is 28.3 Å². The van der Waals surface area contributed by atoms with E-state index >= 15 is 0 Å². The molecule has 22 heavy (non-hydrogen) atoms. The first-order valence-electron chi connectivity index (χ1n) is 6.67. The first-order valence-corrected chi connectivity index (χ1v) is 7.55. The number of thiazole rings is 1. The predicted octanol–water partition coefficient (Wildman–Crippen LogP) is 2.87. The molecule has 1 aromatic heterocycles. The van der Waals surface area contributed by atoms with Crippen LogP contribution in [-0.4, -0.2) is 28.6 Å². The molecule has 2 rings (SSSR count). The molecular weight excluding hydrogens is 304 g/mol. The van der Waals surface area contributed by atoms with Crippen LogP contribution in [0, 0.1) is 5.92 Å². The zero-order valence-electron chi connectivity index (χ0n) is 12.2. The van der Waals surface area contributed by atoms with Crippen LogP contribution in [0.2, 0.25) is 0 Å². The molecule has 1 aromatic carbocycles. The summed E-state index contributed by atoms with van der Waals surface area (Å²) in [7, 11) is 0. The SMILES string of the molecule is CC(C)C(=O)Nc1nc(-c2ccc(OCC(=O)O)cc2)cs1. The number of nitrogens with zero attached hydrogens (tertiary/aromatic N) is 1. The number of ether oxygens (including phenoxy) is 1. The Hall–Kier alpha value is -2.41. The van der Waals surface area contributed by atoms with E-state index in [1.54, 1.807) is 24.3 Å². The lowest BCUT2D eigenvalue weighted by Crippen LogP contribution is -2.17. The maximum Gasteiger partial charge on any atom is 0.341 e. The fourth-order valence-corrected chi connectivity index (χ4v) is 2.30. The fourth-order valence-electron chi connectivity index (χ4n) is 1.58. The fraction of sp³-hybridized carbons (Fsp3) is 0.267. The maximum absolute atomic E-state index is 11.6. The van der Waals surface area contributed by atoms with E-state index in [2.05, 4.69) is 10.3 Å². The van der Waals surface area contributed by atoms with E-state index in [0.717, 1.165) is 11.3 Å². The number of aliphatic carboxylic acids is 1. The van der Waals surface area contributed by atoms with Crippen molar-refractivity contribution in [2.24, 2.45) is 5.92 Å². The number of carboxylic acids is 1. The number of hydrogen-bond acceptors (Lipinski definition) is 5. The van der Waals surface area contributed by atoms with Crippen molar-refractivity contribution in [1.82, 2.24) is 4.98 Å². The van der Waals surface area contributed by atoms with Crippen LogP contribution in [0.25, 0.3) is 11.3 Å². The van der Waals surface area contributed by atoms with Gasteiger partial charge in [-0.1, -0.05) is 13.8 Å². The average molecular weight is 320 g/mol. The Morgan fingerprint density at radius 1 is 1.32 bits per heavy atom. The number of hydrogen-bond donors (Lipinski definition) is 2. The molecule has 0 aliphatic rings. The molecule has 7 heteroatoms. The van der Waals surface area contributed by atoms with E-state index < -0.39 is 5.97 Å². The highest BCUT2D eigenvalue weighted by Gasteiger charge is 2.11. The highest BCUT2D eigenvalue weighted by Crippen LogP contribution is 2.26. The van der Waals surface area contributed by atoms with Gasteiger partial charge in [-0.05, 0) is 24.3 Å². The second-order valence-corrected chi connectivity index (χ2v) is 5.75. The topological polar surface area (TPSA) is 88.5 Å². The lowest BCUT2D eigenvalue weighted by Gasteiger charge is -2.04. The first kappa shape index (κ1) is 16.0. The number of nitrogens with one attached hydrogen (secondary N) is 1. The van der Waals surface area contributed by atoms with Crippen molar-refractivity contribution in [2.75, 3.05) is 11.9 Å². The van der Waals surface area contributed by atoms with Gasteiger partial charge >= 0.3 is 5.97 Å². The number of aromatic nitrogens is 1. The monoisotopic (exact) mass is 320 g/mol. The molecule has 0 aliphatic heterocycles. The van der Waals surface area contributed by atoms with E-state index in [0.29, 0.717) is 10.9 Å². The molecule has 1 heterocycles. The first-order chi connectivity index (χ1) is 10.5. The lowest BCUT2D eigenvalue weighted by molar-refractivity contribution is -0.139. The van der Waals surface area contributed by atoms with Gasteiger partial charge in [-0.2, -0.15) is 0 Å². The molecule has 0 unspecified atom stereocenters. The van der Waals surface area contributed by atoms with Crippen LogP contribution in [-0.2, 0) is 9.59 Å². The van der Waals surface area contributed by atoms with Crippen LogP contribution in [0.1, 0.15) is 13.8 Å². The van der Waals surface area contributed by atoms with Crippen LogP contribution >= 0.6 is 11.3 Å². The molecule has 0 aliphatic carbocycles. The third-order valence-corrected chi connectivity index (χ3v) is 3.53. The molecule has 0 atom stereocenters. The summed E-state index contributed by atoms with van der Waals surface area (Å²) in [5.74, 6) is -0.708. The largest absolute Gasteiger partial charge is 0.482 e. The molecule has 2 N–H and O–H groups in total. The lowest BCUT2D eigenvalue weighted by atomic mass is 10.2. The Bertz CT molecular complexity index is 664. The number of benzene rings is 1. The number of amides is 1. The zero-order valence-corrected chi connectivity index (χ0v) is 13.0. The van der Waals surface area contributed by atoms with Gasteiger partial charge in [0.1, 0.15) is 5.75 Å². The minimum absolute atomic E-state index is 0.0710. The van der Waals surface area contributed by atoms with Crippen molar-refractivity contribution in [2.45, 2.75) is 13.8 Å². The molecular formula is C15H16N2O4S. The Labute approximate surface area is 131 Å². The van der Waals surface area contributed by atoms with Gasteiger partial charge in [0.05, 0.1) is 5.69 Å². The van der Waals surface area contributed by atoms with E-state index in [1.165, 1.54) is 11.3 Å². The van der Waals surface area contributed by atoms with Crippen LogP contribution in [0.15, 0.2) is 29.6 Å². The molecule has 1 amide bonds. The Morgan fingerprint density at radius 3 is 2.59 bits per heavy atom. The number of carboxylic acid groups (broad SMARTS) is 1.